The molecule has 0 atom stereocenters. The number of halogens is 1. The Morgan fingerprint density at radius 3 is 2.50 bits per heavy atom. The van der Waals surface area contributed by atoms with Crippen LogP contribution in [0.5, 0.6) is 0 Å². The summed E-state index contributed by atoms with van der Waals surface area (Å²) in [4.78, 5) is 12.9. The topological polar surface area (TPSA) is 43.1 Å². The number of nitrogens with two attached hydrogens (primary N) is 1. The molecule has 2 rings (SSSR count). The van der Waals surface area contributed by atoms with Crippen molar-refractivity contribution < 1.29 is 4.79 Å². The molecule has 0 aliphatic carbocycles. The number of anilines is 1. The second-order valence-electron chi connectivity index (χ2n) is 4.16. The van der Waals surface area contributed by atoms with Gasteiger partial charge in [0.15, 0.2) is 0 Å². The minimum atomic E-state index is 0.279. The summed E-state index contributed by atoms with van der Waals surface area (Å²) in [6.07, 6.45) is 1.90. The van der Waals surface area contributed by atoms with Crippen molar-refractivity contribution in [3.8, 4) is 0 Å². The van der Waals surface area contributed by atoms with Crippen molar-refractivity contribution in [1.82, 2.24) is 0 Å². The van der Waals surface area contributed by atoms with Gasteiger partial charge in [0.05, 0.1) is 3.79 Å². The van der Waals surface area contributed by atoms with E-state index in [1.165, 1.54) is 0 Å². The summed E-state index contributed by atoms with van der Waals surface area (Å²) in [5.41, 5.74) is 7.53. The predicted octanol–water partition coefficient (Wildman–Crippen LogP) is 3.84. The highest BCUT2D eigenvalue weighted by Gasteiger charge is 2.06. The predicted molar refractivity (Wildman–Crippen MR) is 79.9 cm³/mol. The second kappa shape index (κ2) is 6.16. The molecule has 0 spiro atoms. The van der Waals surface area contributed by atoms with Gasteiger partial charge in [-0.05, 0) is 52.2 Å². The average molecular weight is 324 g/mol. The van der Waals surface area contributed by atoms with Crippen molar-refractivity contribution in [2.75, 3.05) is 5.73 Å². The van der Waals surface area contributed by atoms with Gasteiger partial charge in [-0.3, -0.25) is 4.79 Å². The molecule has 94 valence electrons. The number of carbonyl (C=O) groups excluding carboxylic acids is 1. The summed E-state index contributed by atoms with van der Waals surface area (Å²) in [5, 5.41) is 0. The van der Waals surface area contributed by atoms with Crippen LogP contribution in [0.15, 0.2) is 40.2 Å². The highest BCUT2D eigenvalue weighted by Crippen LogP contribution is 2.23. The van der Waals surface area contributed by atoms with E-state index >= 15 is 0 Å². The monoisotopic (exact) mass is 323 g/mol. The van der Waals surface area contributed by atoms with E-state index < -0.39 is 0 Å². The van der Waals surface area contributed by atoms with Gasteiger partial charge in [-0.25, -0.2) is 0 Å². The zero-order chi connectivity index (χ0) is 13.0. The van der Waals surface area contributed by atoms with Crippen LogP contribution in [0.3, 0.4) is 0 Å². The molecule has 0 amide bonds. The minimum absolute atomic E-state index is 0.279. The Balaban J connectivity index is 1.83. The maximum atomic E-state index is 11.8. The van der Waals surface area contributed by atoms with Crippen molar-refractivity contribution >= 4 is 38.7 Å². The molecule has 0 fully saturated rings. The molecule has 0 radical (unpaired) electrons. The third kappa shape index (κ3) is 3.96. The first kappa shape index (κ1) is 13.3. The van der Waals surface area contributed by atoms with E-state index in [1.54, 1.807) is 11.3 Å². The molecule has 0 saturated carbocycles. The quantitative estimate of drug-likeness (QED) is 0.849. The van der Waals surface area contributed by atoms with Crippen LogP contribution in [0.25, 0.3) is 0 Å². The van der Waals surface area contributed by atoms with E-state index in [2.05, 4.69) is 15.9 Å². The molecule has 0 unspecified atom stereocenters. The Kier molecular flexibility index (Phi) is 4.55. The molecule has 4 heteroatoms. The summed E-state index contributed by atoms with van der Waals surface area (Å²) in [6, 6.07) is 11.7. The van der Waals surface area contributed by atoms with Crippen molar-refractivity contribution in [2.45, 2.75) is 19.3 Å². The van der Waals surface area contributed by atoms with Crippen LogP contribution < -0.4 is 5.73 Å². The molecule has 2 nitrogen and oxygen atoms in total. The lowest BCUT2D eigenvalue weighted by molar-refractivity contribution is -0.118. The molecule has 18 heavy (non-hydrogen) atoms. The van der Waals surface area contributed by atoms with E-state index in [4.69, 9.17) is 5.73 Å². The number of carbonyl (C=O) groups is 1. The molecule has 2 aromatic rings. The fraction of sp³-hybridized carbons (Fsp3) is 0.214. The van der Waals surface area contributed by atoms with Crippen molar-refractivity contribution in [3.05, 3.63) is 50.6 Å². The maximum Gasteiger partial charge on any atom is 0.138 e. The summed E-state index contributed by atoms with van der Waals surface area (Å²) in [7, 11) is 0. The van der Waals surface area contributed by atoms with Gasteiger partial charge in [0.1, 0.15) is 5.78 Å². The van der Waals surface area contributed by atoms with Gasteiger partial charge in [0.2, 0.25) is 0 Å². The summed E-state index contributed by atoms with van der Waals surface area (Å²) in [6.45, 7) is 0. The average Bonchev–Trinajstić information content (AvgIpc) is 2.74. The van der Waals surface area contributed by atoms with Crippen LogP contribution in [0, 0.1) is 0 Å². The number of Topliss-reactive ketones (excluding diaryl/α,β-unsaturated/α-hetero) is 1. The first-order chi connectivity index (χ1) is 8.63. The van der Waals surface area contributed by atoms with E-state index in [0.29, 0.717) is 12.8 Å². The van der Waals surface area contributed by atoms with Gasteiger partial charge in [-0.2, -0.15) is 0 Å². The zero-order valence-electron chi connectivity index (χ0n) is 9.86. The van der Waals surface area contributed by atoms with Crippen LogP contribution in [-0.4, -0.2) is 5.78 Å². The number of ketones is 1. The van der Waals surface area contributed by atoms with E-state index in [1.807, 2.05) is 36.4 Å². The van der Waals surface area contributed by atoms with Gasteiger partial charge in [-0.15, -0.1) is 11.3 Å². The van der Waals surface area contributed by atoms with E-state index in [9.17, 15) is 4.79 Å². The normalized spacial score (nSPS) is 10.5. The molecule has 0 aliphatic heterocycles. The number of hydrogen-bond donors (Lipinski definition) is 1. The third-order valence-electron chi connectivity index (χ3n) is 2.67. The largest absolute Gasteiger partial charge is 0.399 e. The summed E-state index contributed by atoms with van der Waals surface area (Å²) >= 11 is 5.02. The smallest absolute Gasteiger partial charge is 0.138 e. The number of benzene rings is 1. The fourth-order valence-electron chi connectivity index (χ4n) is 1.70. The standard InChI is InChI=1S/C14H14BrNOS/c15-14-8-7-13(18-14)9-12(17)6-3-10-1-4-11(16)5-2-10/h1-2,4-5,7-8H,3,6,9,16H2. The molecule has 2 N–H and O–H groups in total. The van der Waals surface area contributed by atoms with E-state index in [0.717, 1.165) is 26.3 Å². The summed E-state index contributed by atoms with van der Waals surface area (Å²) < 4.78 is 1.07. The fourth-order valence-corrected chi connectivity index (χ4v) is 3.21. The molecular weight excluding hydrogens is 310 g/mol. The molecule has 1 heterocycles. The SMILES string of the molecule is Nc1ccc(CCC(=O)Cc2ccc(Br)s2)cc1. The Labute approximate surface area is 119 Å². The molecule has 1 aromatic carbocycles. The second-order valence-corrected chi connectivity index (χ2v) is 6.71. The first-order valence-electron chi connectivity index (χ1n) is 5.74. The Morgan fingerprint density at radius 2 is 1.89 bits per heavy atom. The maximum absolute atomic E-state index is 11.8. The van der Waals surface area contributed by atoms with Gasteiger partial charge < -0.3 is 5.73 Å². The lowest BCUT2D eigenvalue weighted by Crippen LogP contribution is -2.03. The molecule has 0 bridgehead atoms. The lowest BCUT2D eigenvalue weighted by Gasteiger charge is -2.01. The molecular formula is C14H14BrNOS. The van der Waals surface area contributed by atoms with Crippen molar-refractivity contribution in [3.63, 3.8) is 0 Å². The van der Waals surface area contributed by atoms with Crippen LogP contribution in [0.2, 0.25) is 0 Å². The van der Waals surface area contributed by atoms with Crippen LogP contribution in [-0.2, 0) is 17.6 Å². The number of hydrogen-bond acceptors (Lipinski definition) is 3. The van der Waals surface area contributed by atoms with Gasteiger partial charge in [0.25, 0.3) is 0 Å². The highest BCUT2D eigenvalue weighted by molar-refractivity contribution is 9.11. The van der Waals surface area contributed by atoms with Crippen molar-refractivity contribution in [1.29, 1.82) is 0 Å². The van der Waals surface area contributed by atoms with Gasteiger partial charge >= 0.3 is 0 Å². The molecule has 0 aliphatic rings. The van der Waals surface area contributed by atoms with Gasteiger partial charge in [0, 0.05) is 23.4 Å². The Morgan fingerprint density at radius 1 is 1.17 bits per heavy atom. The Bertz CT molecular complexity index is 533. The molecule has 0 saturated heterocycles. The molecule has 1 aromatic heterocycles. The lowest BCUT2D eigenvalue weighted by atomic mass is 10.1. The van der Waals surface area contributed by atoms with Crippen molar-refractivity contribution in [2.24, 2.45) is 0 Å². The van der Waals surface area contributed by atoms with Crippen LogP contribution >= 0.6 is 27.3 Å². The number of thiophene rings is 1. The zero-order valence-corrected chi connectivity index (χ0v) is 12.3. The number of rotatable bonds is 5. The highest BCUT2D eigenvalue weighted by atomic mass is 79.9. The van der Waals surface area contributed by atoms with Crippen LogP contribution in [0.1, 0.15) is 16.9 Å². The van der Waals surface area contributed by atoms with E-state index in [-0.39, 0.29) is 5.78 Å². The number of aryl methyl sites for hydroxylation is 1. The third-order valence-corrected chi connectivity index (χ3v) is 4.30. The first-order valence-corrected chi connectivity index (χ1v) is 7.35. The minimum Gasteiger partial charge on any atom is -0.399 e. The Hall–Kier alpha value is -1.13. The van der Waals surface area contributed by atoms with Crippen LogP contribution in [0.4, 0.5) is 5.69 Å². The summed E-state index contributed by atoms with van der Waals surface area (Å²) in [5.74, 6) is 0.279. The number of nitrogen functional groups attached to an aromatic ring is 1. The van der Waals surface area contributed by atoms with Gasteiger partial charge in [-0.1, -0.05) is 12.1 Å².